The minimum atomic E-state index is -4.57. The number of benzene rings is 8. The molecule has 0 N–H and O–H groups in total. The second kappa shape index (κ2) is 40.7. The molecule has 0 spiro atoms. The number of nitrogens with zero attached hydrogens (tertiary/aromatic N) is 4. The summed E-state index contributed by atoms with van der Waals surface area (Å²) in [5, 5.41) is 23.2. The van der Waals surface area contributed by atoms with Crippen molar-refractivity contribution in [3.8, 4) is 0 Å². The quantitative estimate of drug-likeness (QED) is 0.00529. The molecule has 0 radical (unpaired) electrons. The van der Waals surface area contributed by atoms with Gasteiger partial charge in [0, 0.05) is 140 Å². The van der Waals surface area contributed by atoms with E-state index in [1.54, 1.807) is 30.4 Å². The van der Waals surface area contributed by atoms with Crippen LogP contribution in [-0.4, -0.2) is 145 Å². The maximum atomic E-state index is 14.7. The number of thioether (sulfide) groups is 2. The van der Waals surface area contributed by atoms with Gasteiger partial charge in [-0.05, 0) is 211 Å². The number of ether oxygens (including phenoxy) is 2. The minimum Gasteiger partial charge on any atom is -0.748 e. The Labute approximate surface area is 792 Å². The van der Waals surface area contributed by atoms with E-state index in [1.165, 1.54) is 5.56 Å². The molecule has 4 aliphatic heterocycles. The Morgan fingerprint density at radius 1 is 0.440 bits per heavy atom. The predicted molar refractivity (Wildman–Crippen MR) is 492 cm³/mol. The standard InChI is InChI=1S/C97H108N4O16S6.2Na/c1-11-114-92(102)72-60-68(38-46-82-94(3,4)86-74-30-17-13-26-64(74)34-42-78(86)98(82)50-21-56-120-117-116-104)90(69(61-72)39-47-83-95(5,6)87-75-31-18-14-27-65(75)35-43-79(87)99(83)51-22-57-121(105,106)107)118-54-25-55-119-91-70(40-48-84-96(7,8)88-76-32-19-15-28-66(76)36-44-80(88)100(84)52-23-58-122(108,109)110)62-73(93(103)115-12-2)63-71(91)41-49-85-97(9,10)89-77-33-20-16-29-67(77)37-45-81(89)101(85)53-24-59-123(111,112)113;;/h13-20,26-49,72-73H,11-12,21-25,50-63H2,1-10H3,(H2-2,104,105,106,107,108,109,110,111,112,113);;/q;2*+1/p-2. The molecule has 0 aromatic heterocycles. The summed E-state index contributed by atoms with van der Waals surface area (Å²) >= 11 is 4.34. The Morgan fingerprint density at radius 2 is 0.800 bits per heavy atom. The molecule has 2 aliphatic carbocycles. The summed E-state index contributed by atoms with van der Waals surface area (Å²) in [5.74, 6) is -1.95. The van der Waals surface area contributed by atoms with Crippen LogP contribution in [0.25, 0.3) is 43.1 Å². The van der Waals surface area contributed by atoms with E-state index in [2.05, 4.69) is 231 Å². The smallest absolute Gasteiger partial charge is 0.748 e. The molecule has 125 heavy (non-hydrogen) atoms. The Morgan fingerprint density at radius 3 is 1.18 bits per heavy atom. The maximum Gasteiger partial charge on any atom is 1.00 e. The molecule has 2 unspecified atom stereocenters. The van der Waals surface area contributed by atoms with Crippen molar-refractivity contribution >= 4 is 155 Å². The first kappa shape index (κ1) is 97.3. The summed E-state index contributed by atoms with van der Waals surface area (Å²) in [6.07, 6.45) is 19.8. The van der Waals surface area contributed by atoms with E-state index < -0.39 is 81.1 Å². The van der Waals surface area contributed by atoms with Crippen molar-refractivity contribution in [2.24, 2.45) is 11.8 Å². The predicted octanol–water partition coefficient (Wildman–Crippen LogP) is 12.5. The van der Waals surface area contributed by atoms with Crippen molar-refractivity contribution in [1.29, 1.82) is 0 Å². The molecular formula is C97H106N4Na2O16S6. The van der Waals surface area contributed by atoms with Crippen LogP contribution in [0.2, 0.25) is 0 Å². The number of carbonyl (C=O) groups is 2. The monoisotopic (exact) mass is 1820 g/mol. The topological polar surface area (TPSA) is 278 Å². The Bertz CT molecular complexity index is 6220. The van der Waals surface area contributed by atoms with E-state index in [-0.39, 0.29) is 123 Å². The normalized spacial score (nSPS) is 19.8. The average Bonchev–Trinajstić information content (AvgIpc) is 1.59. The molecule has 6 aliphatic rings. The number of anilines is 2. The molecule has 0 amide bonds. The summed E-state index contributed by atoms with van der Waals surface area (Å²) in [6, 6.07) is 49.6. The van der Waals surface area contributed by atoms with Crippen LogP contribution < -0.4 is 74.2 Å². The Kier molecular flexibility index (Phi) is 31.7. The van der Waals surface area contributed by atoms with Gasteiger partial charge in [0.05, 0.1) is 66.2 Å². The second-order valence-electron chi connectivity index (χ2n) is 34.4. The van der Waals surface area contributed by atoms with E-state index in [9.17, 15) is 53.8 Å². The van der Waals surface area contributed by atoms with E-state index in [1.807, 2.05) is 49.4 Å². The molecule has 20 nitrogen and oxygen atoms in total. The van der Waals surface area contributed by atoms with Gasteiger partial charge in [-0.25, -0.2) is 25.3 Å². The van der Waals surface area contributed by atoms with Gasteiger partial charge in [-0.1, -0.05) is 161 Å². The van der Waals surface area contributed by atoms with Crippen LogP contribution >= 0.6 is 35.6 Å². The maximum absolute atomic E-state index is 14.7. The molecular weight excluding hydrogens is 1720 g/mol. The van der Waals surface area contributed by atoms with Gasteiger partial charge < -0.3 is 38.2 Å². The molecule has 14 rings (SSSR count). The largest absolute Gasteiger partial charge is 1.00 e. The number of hydrogen-bond donors (Lipinski definition) is 0. The molecule has 0 bridgehead atoms. The number of carbonyl (C=O) groups excluding carboxylic acids is 2. The van der Waals surface area contributed by atoms with Crippen LogP contribution in [-0.2, 0) is 80.4 Å². The molecule has 0 saturated heterocycles. The van der Waals surface area contributed by atoms with Gasteiger partial charge >= 0.3 is 71.1 Å². The van der Waals surface area contributed by atoms with E-state index in [4.69, 9.17) is 13.8 Å². The van der Waals surface area contributed by atoms with E-state index in [0.29, 0.717) is 62.3 Å². The van der Waals surface area contributed by atoms with Gasteiger partial charge in [-0.3, -0.25) is 14.6 Å². The fourth-order valence-electron chi connectivity index (χ4n) is 19.6. The summed E-state index contributed by atoms with van der Waals surface area (Å²) in [4.78, 5) is 35.7. The first-order chi connectivity index (χ1) is 58.6. The molecule has 28 heteroatoms. The third-order valence-electron chi connectivity index (χ3n) is 24.9. The van der Waals surface area contributed by atoms with Crippen molar-refractivity contribution in [2.75, 3.05) is 83.7 Å². The molecule has 4 heterocycles. The Hall–Kier alpha value is -6.74. The first-order valence-electron chi connectivity index (χ1n) is 42.2. The third-order valence-corrected chi connectivity index (χ3v) is 30.4. The summed E-state index contributed by atoms with van der Waals surface area (Å²) in [7, 11) is -13.7. The van der Waals surface area contributed by atoms with Gasteiger partial charge in [0.1, 0.15) is 13.1 Å². The third kappa shape index (κ3) is 21.2. The minimum absolute atomic E-state index is 0. The number of allylic oxidation sites excluding steroid dienone is 14. The molecule has 0 saturated carbocycles. The van der Waals surface area contributed by atoms with Crippen molar-refractivity contribution in [3.63, 3.8) is 0 Å². The van der Waals surface area contributed by atoms with Crippen molar-refractivity contribution in [3.05, 3.63) is 260 Å². The summed E-state index contributed by atoms with van der Waals surface area (Å²) < 4.78 is 132. The van der Waals surface area contributed by atoms with Crippen LogP contribution in [0.1, 0.15) is 149 Å². The Balaban J connectivity index is 0.00000711. The molecule has 0 fully saturated rings. The number of fused-ring (bicyclic) bond motifs is 12. The second-order valence-corrected chi connectivity index (χ2v) is 41.9. The van der Waals surface area contributed by atoms with Crippen molar-refractivity contribution in [1.82, 2.24) is 0 Å². The first-order valence-corrected chi connectivity index (χ1v) is 49.8. The molecule has 648 valence electrons. The van der Waals surface area contributed by atoms with Gasteiger partial charge in [0.15, 0.2) is 11.4 Å². The van der Waals surface area contributed by atoms with Gasteiger partial charge in [0.2, 0.25) is 11.4 Å². The van der Waals surface area contributed by atoms with Crippen LogP contribution in [0, 0.1) is 11.8 Å². The number of esters is 2. The van der Waals surface area contributed by atoms with Gasteiger partial charge in [-0.15, -0.1) is 23.5 Å². The summed E-state index contributed by atoms with van der Waals surface area (Å²) in [6.45, 7) is 22.6. The summed E-state index contributed by atoms with van der Waals surface area (Å²) in [5.41, 5.74) is 12.8. The van der Waals surface area contributed by atoms with E-state index >= 15 is 0 Å². The van der Waals surface area contributed by atoms with Crippen molar-refractivity contribution in [2.45, 2.75) is 149 Å². The van der Waals surface area contributed by atoms with Crippen LogP contribution in [0.5, 0.6) is 0 Å². The van der Waals surface area contributed by atoms with Crippen LogP contribution in [0.4, 0.5) is 22.7 Å². The molecule has 8 aromatic rings. The van der Waals surface area contributed by atoms with E-state index in [0.717, 1.165) is 149 Å². The zero-order valence-electron chi connectivity index (χ0n) is 73.2. The zero-order chi connectivity index (χ0) is 87.6. The number of rotatable bonds is 34. The van der Waals surface area contributed by atoms with Gasteiger partial charge in [-0.2, -0.15) is 13.5 Å². The molecule has 2 atom stereocenters. The van der Waals surface area contributed by atoms with Crippen LogP contribution in [0.15, 0.2) is 238 Å². The average molecular weight is 1820 g/mol. The fourth-order valence-corrected chi connectivity index (χ4v) is 23.9. The zero-order valence-corrected chi connectivity index (χ0v) is 82.1. The van der Waals surface area contributed by atoms with Crippen LogP contribution in [0.3, 0.4) is 0 Å². The van der Waals surface area contributed by atoms with Crippen molar-refractivity contribution < 1.29 is 141 Å². The molecule has 8 aromatic carbocycles. The number of hydrogen-bond acceptors (Lipinski definition) is 21. The SMILES string of the molecule is CCOC(=O)C1CC(/C=C/C2=[N+](CCCS(=O)(=O)[O-])c3ccc4ccccc4c3C2(C)C)=C(SCCCSC2=C(/C=C/C3=[N+](CCCS(=O)(=O)[O-])c4ccc5ccccc5c4C3(C)C)CC(C(=O)OCC)C/C2=C\C=C2\N(CCCS(=O)(=O)[O-])c3ccc4ccccc4c3C2(C)C)C(=C/C=C2/N(CCCSOO[O-])c3ccc4ccccc4c3C2(C)C)/C1.[Na+].[Na+]. The van der Waals surface area contributed by atoms with Gasteiger partial charge in [0.25, 0.3) is 0 Å². The fraction of sp³-hybridized carbons (Fsp3) is 0.381.